The van der Waals surface area contributed by atoms with Crippen molar-refractivity contribution < 1.29 is 23.0 Å². The standard InChI is InChI=1S/C19H18F2O3/c20-19(21)16(12-23-11-14-7-3-1-4-8-14)17(19)13-24-18(22)15-9-5-2-6-10-15/h1-10,16-17H,11-13H2. The van der Waals surface area contributed by atoms with Crippen molar-refractivity contribution in [2.45, 2.75) is 12.5 Å². The molecule has 1 saturated carbocycles. The van der Waals surface area contributed by atoms with Crippen LogP contribution in [0.5, 0.6) is 0 Å². The van der Waals surface area contributed by atoms with Gasteiger partial charge in [-0.1, -0.05) is 48.5 Å². The van der Waals surface area contributed by atoms with Crippen molar-refractivity contribution in [1.29, 1.82) is 0 Å². The molecule has 3 nitrogen and oxygen atoms in total. The van der Waals surface area contributed by atoms with E-state index < -0.39 is 23.7 Å². The summed E-state index contributed by atoms with van der Waals surface area (Å²) in [6.45, 7) is -0.0422. The minimum atomic E-state index is -2.84. The van der Waals surface area contributed by atoms with Gasteiger partial charge in [-0.2, -0.15) is 0 Å². The average Bonchev–Trinajstić information content (AvgIpc) is 3.14. The van der Waals surface area contributed by atoms with E-state index in [2.05, 4.69) is 0 Å². The first-order chi connectivity index (χ1) is 11.6. The number of hydrogen-bond donors (Lipinski definition) is 0. The molecule has 0 saturated heterocycles. The first kappa shape index (κ1) is 16.6. The van der Waals surface area contributed by atoms with Gasteiger partial charge >= 0.3 is 5.97 Å². The van der Waals surface area contributed by atoms with Crippen LogP contribution < -0.4 is 0 Å². The lowest BCUT2D eigenvalue weighted by Gasteiger charge is -2.04. The minimum Gasteiger partial charge on any atom is -0.462 e. The summed E-state index contributed by atoms with van der Waals surface area (Å²) in [5.41, 5.74) is 1.30. The minimum absolute atomic E-state index is 0.0462. The van der Waals surface area contributed by atoms with Crippen molar-refractivity contribution in [3.63, 3.8) is 0 Å². The largest absolute Gasteiger partial charge is 0.462 e. The summed E-state index contributed by atoms with van der Waals surface area (Å²) < 4.78 is 37.9. The summed E-state index contributed by atoms with van der Waals surface area (Å²) in [6, 6.07) is 17.7. The predicted octanol–water partition coefficient (Wildman–Crippen LogP) is 3.94. The average molecular weight is 332 g/mol. The van der Waals surface area contributed by atoms with Crippen molar-refractivity contribution in [3.05, 3.63) is 71.8 Å². The van der Waals surface area contributed by atoms with Crippen molar-refractivity contribution in [3.8, 4) is 0 Å². The van der Waals surface area contributed by atoms with E-state index in [4.69, 9.17) is 9.47 Å². The van der Waals surface area contributed by atoms with E-state index in [1.54, 1.807) is 30.3 Å². The van der Waals surface area contributed by atoms with Gasteiger partial charge in [0.2, 0.25) is 0 Å². The Bertz CT molecular complexity index is 674. The third-order valence-electron chi connectivity index (χ3n) is 4.18. The molecule has 24 heavy (non-hydrogen) atoms. The fourth-order valence-corrected chi connectivity index (χ4v) is 2.62. The molecule has 5 heteroatoms. The van der Waals surface area contributed by atoms with Gasteiger partial charge in [-0.25, -0.2) is 13.6 Å². The van der Waals surface area contributed by atoms with Crippen molar-refractivity contribution in [2.75, 3.05) is 13.2 Å². The van der Waals surface area contributed by atoms with Crippen LogP contribution in [0, 0.1) is 11.8 Å². The molecule has 0 N–H and O–H groups in total. The van der Waals surface area contributed by atoms with E-state index in [9.17, 15) is 13.6 Å². The first-order valence-corrected chi connectivity index (χ1v) is 7.80. The van der Waals surface area contributed by atoms with E-state index >= 15 is 0 Å². The van der Waals surface area contributed by atoms with Crippen LogP contribution in [0.1, 0.15) is 15.9 Å². The zero-order chi connectivity index (χ0) is 17.0. The molecular weight excluding hydrogens is 314 g/mol. The van der Waals surface area contributed by atoms with E-state index in [1.807, 2.05) is 30.3 Å². The van der Waals surface area contributed by atoms with E-state index in [-0.39, 0.29) is 13.2 Å². The quantitative estimate of drug-likeness (QED) is 0.721. The fraction of sp³-hybridized carbons (Fsp3) is 0.316. The van der Waals surface area contributed by atoms with Gasteiger partial charge in [0.05, 0.1) is 30.6 Å². The van der Waals surface area contributed by atoms with Gasteiger partial charge in [-0.05, 0) is 17.7 Å². The third kappa shape index (κ3) is 3.79. The maximum absolute atomic E-state index is 13.8. The van der Waals surface area contributed by atoms with Gasteiger partial charge in [0.1, 0.15) is 6.61 Å². The summed E-state index contributed by atoms with van der Waals surface area (Å²) in [6.07, 6.45) is 0. The highest BCUT2D eigenvalue weighted by Gasteiger charge is 2.68. The molecule has 3 rings (SSSR count). The van der Waals surface area contributed by atoms with Crippen LogP contribution in [0.15, 0.2) is 60.7 Å². The van der Waals surface area contributed by atoms with Crippen molar-refractivity contribution >= 4 is 5.97 Å². The number of esters is 1. The molecule has 1 aliphatic carbocycles. The number of halogens is 2. The van der Waals surface area contributed by atoms with E-state index in [0.29, 0.717) is 12.2 Å². The van der Waals surface area contributed by atoms with E-state index in [0.717, 1.165) is 5.56 Å². The van der Waals surface area contributed by atoms with Gasteiger partial charge < -0.3 is 9.47 Å². The first-order valence-electron chi connectivity index (χ1n) is 7.80. The predicted molar refractivity (Wildman–Crippen MR) is 84.7 cm³/mol. The molecule has 0 aromatic heterocycles. The second-order valence-electron chi connectivity index (χ2n) is 5.85. The Morgan fingerprint density at radius 2 is 1.50 bits per heavy atom. The summed E-state index contributed by atoms with van der Waals surface area (Å²) >= 11 is 0. The van der Waals surface area contributed by atoms with Crippen LogP contribution in [0.4, 0.5) is 8.78 Å². The molecule has 126 valence electrons. The second-order valence-corrected chi connectivity index (χ2v) is 5.85. The molecule has 0 heterocycles. The van der Waals surface area contributed by atoms with Crippen LogP contribution in [-0.2, 0) is 16.1 Å². The topological polar surface area (TPSA) is 35.5 Å². The van der Waals surface area contributed by atoms with Crippen LogP contribution in [-0.4, -0.2) is 25.1 Å². The molecule has 0 amide bonds. The molecule has 2 atom stereocenters. The smallest absolute Gasteiger partial charge is 0.338 e. The molecule has 0 spiro atoms. The molecule has 1 aliphatic rings. The number of alkyl halides is 2. The Hall–Kier alpha value is -2.27. The Kier molecular flexibility index (Phi) is 4.90. The van der Waals surface area contributed by atoms with Crippen molar-refractivity contribution in [2.24, 2.45) is 11.8 Å². The lowest BCUT2D eigenvalue weighted by Crippen LogP contribution is -2.10. The van der Waals surface area contributed by atoms with Crippen molar-refractivity contribution in [1.82, 2.24) is 0 Å². The van der Waals surface area contributed by atoms with Gasteiger partial charge in [-0.3, -0.25) is 0 Å². The Morgan fingerprint density at radius 1 is 0.917 bits per heavy atom. The van der Waals surface area contributed by atoms with Crippen LogP contribution in [0.25, 0.3) is 0 Å². The molecule has 2 unspecified atom stereocenters. The number of ether oxygens (including phenoxy) is 2. The second kappa shape index (κ2) is 7.09. The van der Waals surface area contributed by atoms with Crippen LogP contribution >= 0.6 is 0 Å². The van der Waals surface area contributed by atoms with Gasteiger partial charge in [0.25, 0.3) is 5.92 Å². The zero-order valence-electron chi connectivity index (χ0n) is 13.0. The molecular formula is C19H18F2O3. The molecule has 2 aromatic rings. The molecule has 1 fully saturated rings. The summed E-state index contributed by atoms with van der Waals surface area (Å²) in [5.74, 6) is -5.29. The third-order valence-corrected chi connectivity index (χ3v) is 4.18. The molecule has 2 aromatic carbocycles. The highest BCUT2D eigenvalue weighted by Crippen LogP contribution is 2.55. The molecule has 0 radical (unpaired) electrons. The Balaban J connectivity index is 1.44. The SMILES string of the molecule is O=C(OCC1C(COCc2ccccc2)C1(F)F)c1ccccc1. The van der Waals surface area contributed by atoms with Gasteiger partial charge in [-0.15, -0.1) is 0 Å². The zero-order valence-corrected chi connectivity index (χ0v) is 13.0. The normalized spacial score (nSPS) is 21.2. The number of hydrogen-bond acceptors (Lipinski definition) is 3. The molecule has 0 bridgehead atoms. The lowest BCUT2D eigenvalue weighted by molar-refractivity contribution is 0.0326. The van der Waals surface area contributed by atoms with Gasteiger partial charge in [0.15, 0.2) is 0 Å². The highest BCUT2D eigenvalue weighted by molar-refractivity contribution is 5.89. The fourth-order valence-electron chi connectivity index (χ4n) is 2.62. The summed E-state index contributed by atoms with van der Waals surface area (Å²) in [7, 11) is 0. The van der Waals surface area contributed by atoms with Crippen LogP contribution in [0.2, 0.25) is 0 Å². The highest BCUT2D eigenvalue weighted by atomic mass is 19.3. The summed E-state index contributed by atoms with van der Waals surface area (Å²) in [4.78, 5) is 11.8. The number of rotatable bonds is 7. The maximum atomic E-state index is 13.8. The Morgan fingerprint density at radius 3 is 2.17 bits per heavy atom. The molecule has 0 aliphatic heterocycles. The maximum Gasteiger partial charge on any atom is 0.338 e. The van der Waals surface area contributed by atoms with E-state index in [1.165, 1.54) is 0 Å². The number of benzene rings is 2. The summed E-state index contributed by atoms with van der Waals surface area (Å²) in [5, 5.41) is 0. The van der Waals surface area contributed by atoms with Gasteiger partial charge in [0, 0.05) is 0 Å². The number of carbonyl (C=O) groups is 1. The monoisotopic (exact) mass is 332 g/mol. The van der Waals surface area contributed by atoms with Crippen LogP contribution in [0.3, 0.4) is 0 Å². The number of carbonyl (C=O) groups excluding carboxylic acids is 1. The lowest BCUT2D eigenvalue weighted by atomic mass is 10.2. The Labute approximate surface area is 139 Å².